The second-order valence-corrected chi connectivity index (χ2v) is 4.73. The Morgan fingerprint density at radius 3 is 2.60 bits per heavy atom. The Morgan fingerprint density at radius 2 is 1.95 bits per heavy atom. The van der Waals surface area contributed by atoms with E-state index in [1.807, 2.05) is 37.4 Å². The van der Waals surface area contributed by atoms with Crippen molar-refractivity contribution in [3.8, 4) is 0 Å². The van der Waals surface area contributed by atoms with E-state index in [9.17, 15) is 9.59 Å². The molecule has 0 fully saturated rings. The first-order chi connectivity index (χ1) is 9.63. The topological polar surface area (TPSA) is 61.4 Å². The summed E-state index contributed by atoms with van der Waals surface area (Å²) in [4.78, 5) is 24.6. The number of benzene rings is 1. The lowest BCUT2D eigenvalue weighted by Gasteiger charge is -2.19. The van der Waals surface area contributed by atoms with Gasteiger partial charge >= 0.3 is 6.03 Å². The van der Waals surface area contributed by atoms with Crippen molar-refractivity contribution >= 4 is 29.2 Å². The van der Waals surface area contributed by atoms with Crippen LogP contribution in [0, 0.1) is 0 Å². The predicted molar refractivity (Wildman–Crippen MR) is 81.2 cm³/mol. The average Bonchev–Trinajstić information content (AvgIpc) is 2.44. The van der Waals surface area contributed by atoms with Crippen LogP contribution in [-0.2, 0) is 4.79 Å². The summed E-state index contributed by atoms with van der Waals surface area (Å²) in [6.07, 6.45) is 0.939. The molecule has 6 heteroatoms. The Balaban J connectivity index is 2.15. The standard InChI is InChI=1S/C14H20ClN3O2/c1-18(12-6-3-2-4-7-12)11-5-10-16-14(20)17-13(19)8-9-15/h2-4,6-7H,5,8-11H2,1H3,(H2,16,17,19,20). The van der Waals surface area contributed by atoms with E-state index in [0.717, 1.165) is 18.7 Å². The summed E-state index contributed by atoms with van der Waals surface area (Å²) in [5.41, 5.74) is 1.13. The van der Waals surface area contributed by atoms with Crippen molar-refractivity contribution in [1.29, 1.82) is 0 Å². The van der Waals surface area contributed by atoms with Crippen LogP contribution in [0.4, 0.5) is 10.5 Å². The van der Waals surface area contributed by atoms with Crippen molar-refractivity contribution in [2.75, 3.05) is 30.9 Å². The average molecular weight is 298 g/mol. The number of carbonyl (C=O) groups excluding carboxylic acids is 2. The van der Waals surface area contributed by atoms with E-state index >= 15 is 0 Å². The normalized spacial score (nSPS) is 9.90. The lowest BCUT2D eigenvalue weighted by Crippen LogP contribution is -2.40. The largest absolute Gasteiger partial charge is 0.375 e. The molecular weight excluding hydrogens is 278 g/mol. The maximum absolute atomic E-state index is 11.3. The van der Waals surface area contributed by atoms with Crippen LogP contribution in [0.1, 0.15) is 12.8 Å². The molecule has 0 spiro atoms. The molecule has 0 unspecified atom stereocenters. The van der Waals surface area contributed by atoms with Crippen molar-refractivity contribution in [3.05, 3.63) is 30.3 Å². The highest BCUT2D eigenvalue weighted by Gasteiger charge is 2.06. The molecule has 0 saturated carbocycles. The van der Waals surface area contributed by atoms with E-state index < -0.39 is 6.03 Å². The Labute approximate surface area is 124 Å². The van der Waals surface area contributed by atoms with Crippen molar-refractivity contribution in [2.24, 2.45) is 0 Å². The number of para-hydroxylation sites is 1. The first kappa shape index (κ1) is 16.3. The minimum Gasteiger partial charge on any atom is -0.375 e. The van der Waals surface area contributed by atoms with E-state index in [1.54, 1.807) is 0 Å². The Morgan fingerprint density at radius 1 is 1.25 bits per heavy atom. The zero-order valence-corrected chi connectivity index (χ0v) is 12.3. The maximum atomic E-state index is 11.3. The molecule has 20 heavy (non-hydrogen) atoms. The molecule has 1 aromatic rings. The van der Waals surface area contributed by atoms with Gasteiger partial charge in [-0.3, -0.25) is 10.1 Å². The van der Waals surface area contributed by atoms with E-state index in [1.165, 1.54) is 0 Å². The van der Waals surface area contributed by atoms with Crippen molar-refractivity contribution in [1.82, 2.24) is 10.6 Å². The number of carbonyl (C=O) groups is 2. The molecular formula is C14H20ClN3O2. The number of imide groups is 1. The van der Waals surface area contributed by atoms with E-state index in [-0.39, 0.29) is 18.2 Å². The summed E-state index contributed by atoms with van der Waals surface area (Å²) in [6.45, 7) is 1.33. The first-order valence-corrected chi connectivity index (χ1v) is 7.06. The highest BCUT2D eigenvalue weighted by Crippen LogP contribution is 2.10. The first-order valence-electron chi connectivity index (χ1n) is 6.53. The molecule has 0 aromatic heterocycles. The van der Waals surface area contributed by atoms with Gasteiger partial charge in [-0.1, -0.05) is 18.2 Å². The summed E-state index contributed by atoms with van der Waals surface area (Å²) in [7, 11) is 2.00. The van der Waals surface area contributed by atoms with Crippen molar-refractivity contribution in [2.45, 2.75) is 12.8 Å². The number of nitrogens with one attached hydrogen (secondary N) is 2. The van der Waals surface area contributed by atoms with Crippen molar-refractivity contribution in [3.63, 3.8) is 0 Å². The van der Waals surface area contributed by atoms with Crippen LogP contribution in [0.5, 0.6) is 0 Å². The second-order valence-electron chi connectivity index (χ2n) is 4.35. The van der Waals surface area contributed by atoms with E-state index in [2.05, 4.69) is 15.5 Å². The lowest BCUT2D eigenvalue weighted by molar-refractivity contribution is -0.119. The molecule has 2 N–H and O–H groups in total. The Hall–Kier alpha value is -1.75. The molecule has 0 atom stereocenters. The van der Waals surface area contributed by atoms with Crippen LogP contribution in [0.15, 0.2) is 30.3 Å². The van der Waals surface area contributed by atoms with Gasteiger partial charge in [-0.2, -0.15) is 0 Å². The molecule has 0 aliphatic carbocycles. The van der Waals surface area contributed by atoms with Crippen LogP contribution < -0.4 is 15.5 Å². The molecule has 0 aliphatic rings. The van der Waals surface area contributed by atoms with Gasteiger partial charge in [-0.05, 0) is 18.6 Å². The van der Waals surface area contributed by atoms with Crippen LogP contribution in [0.25, 0.3) is 0 Å². The Kier molecular flexibility index (Phi) is 7.50. The summed E-state index contributed by atoms with van der Waals surface area (Å²) in [6, 6.07) is 9.54. The number of halogens is 1. The number of rotatable bonds is 7. The van der Waals surface area contributed by atoms with Gasteiger partial charge in [0.15, 0.2) is 0 Å². The molecule has 1 aromatic carbocycles. The lowest BCUT2D eigenvalue weighted by atomic mass is 10.3. The number of hydrogen-bond acceptors (Lipinski definition) is 3. The van der Waals surface area contributed by atoms with Crippen LogP contribution in [0.2, 0.25) is 0 Å². The molecule has 0 aliphatic heterocycles. The summed E-state index contributed by atoms with van der Waals surface area (Å²) < 4.78 is 0. The third-order valence-electron chi connectivity index (χ3n) is 2.73. The highest BCUT2D eigenvalue weighted by atomic mass is 35.5. The number of urea groups is 1. The molecule has 0 radical (unpaired) electrons. The zero-order valence-electron chi connectivity index (χ0n) is 11.6. The number of nitrogens with zero attached hydrogens (tertiary/aromatic N) is 1. The number of amides is 3. The third-order valence-corrected chi connectivity index (χ3v) is 2.92. The van der Waals surface area contributed by atoms with E-state index in [4.69, 9.17) is 11.6 Å². The van der Waals surface area contributed by atoms with Crippen LogP contribution in [0.3, 0.4) is 0 Å². The van der Waals surface area contributed by atoms with Gasteiger partial charge < -0.3 is 10.2 Å². The summed E-state index contributed by atoms with van der Waals surface area (Å²) >= 11 is 5.40. The fourth-order valence-electron chi connectivity index (χ4n) is 1.65. The van der Waals surface area contributed by atoms with Crippen LogP contribution in [-0.4, -0.2) is 38.0 Å². The van der Waals surface area contributed by atoms with Gasteiger partial charge in [0, 0.05) is 38.1 Å². The minimum atomic E-state index is -0.470. The molecule has 0 saturated heterocycles. The quantitative estimate of drug-likeness (QED) is 0.597. The fraction of sp³-hybridized carbons (Fsp3) is 0.429. The van der Waals surface area contributed by atoms with Crippen molar-refractivity contribution < 1.29 is 9.59 Å². The van der Waals surface area contributed by atoms with Crippen LogP contribution >= 0.6 is 11.6 Å². The number of alkyl halides is 1. The molecule has 0 bridgehead atoms. The SMILES string of the molecule is CN(CCCNC(=O)NC(=O)CCCl)c1ccccc1. The molecule has 3 amide bonds. The van der Waals surface area contributed by atoms with Gasteiger partial charge in [0.25, 0.3) is 0 Å². The third kappa shape index (κ3) is 6.43. The van der Waals surface area contributed by atoms with Gasteiger partial charge in [0.05, 0.1) is 0 Å². The number of hydrogen-bond donors (Lipinski definition) is 2. The smallest absolute Gasteiger partial charge is 0.321 e. The predicted octanol–water partition coefficient (Wildman–Crippen LogP) is 1.97. The van der Waals surface area contributed by atoms with Gasteiger partial charge in [0.1, 0.15) is 0 Å². The molecule has 1 rings (SSSR count). The number of anilines is 1. The Bertz CT molecular complexity index is 426. The molecule has 5 nitrogen and oxygen atoms in total. The minimum absolute atomic E-state index is 0.145. The van der Waals surface area contributed by atoms with Gasteiger partial charge in [-0.15, -0.1) is 11.6 Å². The molecule has 110 valence electrons. The summed E-state index contributed by atoms with van der Waals surface area (Å²) in [5, 5.41) is 4.85. The zero-order chi connectivity index (χ0) is 14.8. The summed E-state index contributed by atoms with van der Waals surface area (Å²) in [5.74, 6) is -0.153. The van der Waals surface area contributed by atoms with E-state index in [0.29, 0.717) is 6.54 Å². The monoisotopic (exact) mass is 297 g/mol. The highest BCUT2D eigenvalue weighted by molar-refractivity contribution is 6.19. The maximum Gasteiger partial charge on any atom is 0.321 e. The second kappa shape index (κ2) is 9.20. The fourth-order valence-corrected chi connectivity index (χ4v) is 1.82. The molecule has 0 heterocycles. The van der Waals surface area contributed by atoms with Gasteiger partial charge in [0.2, 0.25) is 5.91 Å². The van der Waals surface area contributed by atoms with Gasteiger partial charge in [-0.25, -0.2) is 4.79 Å².